The number of benzene rings is 2. The normalized spacial score (nSPS) is 10.9. The van der Waals surface area contributed by atoms with Crippen LogP contribution in [0.1, 0.15) is 12.5 Å². The number of hydrogen-bond acceptors (Lipinski definition) is 5. The van der Waals surface area contributed by atoms with E-state index >= 15 is 0 Å². The first-order chi connectivity index (χ1) is 11.9. The van der Waals surface area contributed by atoms with E-state index in [1.807, 2.05) is 0 Å². The first kappa shape index (κ1) is 18.1. The minimum absolute atomic E-state index is 0.102. The van der Waals surface area contributed by atoms with Crippen LogP contribution in [0.2, 0.25) is 5.02 Å². The lowest BCUT2D eigenvalue weighted by atomic mass is 10.1. The molecular weight excluding hydrogens is 348 g/mol. The van der Waals surface area contributed by atoms with Crippen LogP contribution in [-0.4, -0.2) is 22.4 Å². The maximum atomic E-state index is 11.8. The quantitative estimate of drug-likeness (QED) is 0.377. The Morgan fingerprint density at radius 3 is 2.52 bits per heavy atom. The molecule has 0 atom stereocenters. The van der Waals surface area contributed by atoms with Gasteiger partial charge in [0.2, 0.25) is 0 Å². The minimum atomic E-state index is -0.996. The average molecular weight is 361 g/mol. The molecule has 128 valence electrons. The highest BCUT2D eigenvalue weighted by molar-refractivity contribution is 6.41. The summed E-state index contributed by atoms with van der Waals surface area (Å²) in [5, 5.41) is 17.2. The smallest absolute Gasteiger partial charge is 0.316 e. The van der Waals surface area contributed by atoms with Gasteiger partial charge in [0, 0.05) is 17.7 Å². The first-order valence-electron chi connectivity index (χ1n) is 7.03. The van der Waals surface area contributed by atoms with Crippen molar-refractivity contribution in [3.05, 3.63) is 69.2 Å². The van der Waals surface area contributed by atoms with Gasteiger partial charge in [-0.05, 0) is 19.1 Å². The van der Waals surface area contributed by atoms with Crippen LogP contribution >= 0.6 is 11.6 Å². The number of halogens is 1. The molecule has 2 rings (SSSR count). The predicted octanol–water partition coefficient (Wildman–Crippen LogP) is 2.73. The fourth-order valence-electron chi connectivity index (χ4n) is 1.84. The minimum Gasteiger partial charge on any atom is -0.316 e. The summed E-state index contributed by atoms with van der Waals surface area (Å²) >= 11 is 5.89. The molecule has 0 aliphatic heterocycles. The van der Waals surface area contributed by atoms with Gasteiger partial charge in [0.1, 0.15) is 0 Å². The van der Waals surface area contributed by atoms with Crippen LogP contribution < -0.4 is 10.7 Å². The molecule has 2 aromatic rings. The van der Waals surface area contributed by atoms with Crippen molar-refractivity contribution in [1.29, 1.82) is 0 Å². The van der Waals surface area contributed by atoms with E-state index in [9.17, 15) is 19.7 Å². The molecule has 8 nitrogen and oxygen atoms in total. The summed E-state index contributed by atoms with van der Waals surface area (Å²) in [7, 11) is 0. The van der Waals surface area contributed by atoms with Crippen LogP contribution in [0.4, 0.5) is 11.4 Å². The average Bonchev–Trinajstić information content (AvgIpc) is 2.61. The van der Waals surface area contributed by atoms with Gasteiger partial charge in [-0.2, -0.15) is 5.10 Å². The molecule has 2 aromatic carbocycles. The SMILES string of the molecule is C/C(=N\NC(=O)C(=O)Nc1ccccc1Cl)c1cccc([N+](=O)[O-])c1. The number of hydrogen-bond donors (Lipinski definition) is 2. The lowest BCUT2D eigenvalue weighted by Gasteiger charge is -2.06. The van der Waals surface area contributed by atoms with E-state index in [0.29, 0.717) is 22.0 Å². The molecule has 0 saturated heterocycles. The first-order valence-corrected chi connectivity index (χ1v) is 7.41. The number of para-hydroxylation sites is 1. The fourth-order valence-corrected chi connectivity index (χ4v) is 2.02. The Hall–Kier alpha value is -3.26. The number of hydrazone groups is 1. The van der Waals surface area contributed by atoms with E-state index in [-0.39, 0.29) is 5.69 Å². The summed E-state index contributed by atoms with van der Waals surface area (Å²) in [6.45, 7) is 1.55. The van der Waals surface area contributed by atoms with Crippen LogP contribution in [0.15, 0.2) is 53.6 Å². The highest BCUT2D eigenvalue weighted by Gasteiger charge is 2.15. The van der Waals surface area contributed by atoms with Gasteiger partial charge >= 0.3 is 11.8 Å². The third-order valence-electron chi connectivity index (χ3n) is 3.13. The molecule has 9 heteroatoms. The zero-order valence-electron chi connectivity index (χ0n) is 13.0. The van der Waals surface area contributed by atoms with E-state index in [4.69, 9.17) is 11.6 Å². The number of amides is 2. The number of nitrogens with one attached hydrogen (secondary N) is 2. The van der Waals surface area contributed by atoms with Gasteiger partial charge in [-0.25, -0.2) is 5.43 Å². The van der Waals surface area contributed by atoms with Crippen LogP contribution in [0.3, 0.4) is 0 Å². The highest BCUT2D eigenvalue weighted by atomic mass is 35.5. The molecular formula is C16H13ClN4O4. The molecule has 0 aliphatic rings. The van der Waals surface area contributed by atoms with E-state index in [2.05, 4.69) is 15.8 Å². The summed E-state index contributed by atoms with van der Waals surface area (Å²) in [6, 6.07) is 12.2. The molecule has 0 heterocycles. The molecule has 0 aliphatic carbocycles. The summed E-state index contributed by atoms with van der Waals surface area (Å²) in [6.07, 6.45) is 0. The van der Waals surface area contributed by atoms with Crippen molar-refractivity contribution in [2.24, 2.45) is 5.10 Å². The second kappa shape index (κ2) is 8.02. The van der Waals surface area contributed by atoms with Gasteiger partial charge in [0.05, 0.1) is 21.3 Å². The lowest BCUT2D eigenvalue weighted by Crippen LogP contribution is -2.33. The van der Waals surface area contributed by atoms with Crippen LogP contribution in [0.25, 0.3) is 0 Å². The predicted molar refractivity (Wildman–Crippen MR) is 93.5 cm³/mol. The Morgan fingerprint density at radius 1 is 1.12 bits per heavy atom. The molecule has 0 spiro atoms. The Kier molecular flexibility index (Phi) is 5.80. The number of nitrogens with zero attached hydrogens (tertiary/aromatic N) is 2. The van der Waals surface area contributed by atoms with Crippen molar-refractivity contribution >= 4 is 40.5 Å². The number of carbonyl (C=O) groups is 2. The Bertz CT molecular complexity index is 867. The molecule has 0 radical (unpaired) electrons. The summed E-state index contributed by atoms with van der Waals surface area (Å²) in [5.41, 5.74) is 3.04. The monoisotopic (exact) mass is 360 g/mol. The Morgan fingerprint density at radius 2 is 1.84 bits per heavy atom. The van der Waals surface area contributed by atoms with E-state index < -0.39 is 16.7 Å². The van der Waals surface area contributed by atoms with E-state index in [0.717, 1.165) is 0 Å². The lowest BCUT2D eigenvalue weighted by molar-refractivity contribution is -0.384. The zero-order valence-corrected chi connectivity index (χ0v) is 13.8. The summed E-state index contributed by atoms with van der Waals surface area (Å²) in [4.78, 5) is 33.8. The van der Waals surface area contributed by atoms with Crippen molar-refractivity contribution in [3.8, 4) is 0 Å². The standard InChI is InChI=1S/C16H13ClN4O4/c1-10(11-5-4-6-12(9-11)21(24)25)19-20-16(23)15(22)18-14-8-3-2-7-13(14)17/h2-9H,1H3,(H,18,22)(H,20,23)/b19-10+. The van der Waals surface area contributed by atoms with Gasteiger partial charge in [0.15, 0.2) is 0 Å². The van der Waals surface area contributed by atoms with Gasteiger partial charge in [-0.3, -0.25) is 19.7 Å². The molecule has 0 unspecified atom stereocenters. The molecule has 0 fully saturated rings. The van der Waals surface area contributed by atoms with Crippen LogP contribution in [0.5, 0.6) is 0 Å². The third-order valence-corrected chi connectivity index (χ3v) is 3.46. The maximum absolute atomic E-state index is 11.8. The zero-order chi connectivity index (χ0) is 18.4. The number of nitro benzene ring substituents is 1. The second-order valence-corrected chi connectivity index (χ2v) is 5.29. The highest BCUT2D eigenvalue weighted by Crippen LogP contribution is 2.20. The molecule has 0 aromatic heterocycles. The van der Waals surface area contributed by atoms with Gasteiger partial charge in [-0.15, -0.1) is 0 Å². The largest absolute Gasteiger partial charge is 0.329 e. The van der Waals surface area contributed by atoms with Crippen molar-refractivity contribution < 1.29 is 14.5 Å². The van der Waals surface area contributed by atoms with E-state index in [1.165, 1.54) is 18.2 Å². The van der Waals surface area contributed by atoms with Gasteiger partial charge < -0.3 is 5.32 Å². The van der Waals surface area contributed by atoms with E-state index in [1.54, 1.807) is 37.3 Å². The van der Waals surface area contributed by atoms with Crippen molar-refractivity contribution in [1.82, 2.24) is 5.43 Å². The number of anilines is 1. The molecule has 0 bridgehead atoms. The number of nitro groups is 1. The van der Waals surface area contributed by atoms with Crippen molar-refractivity contribution in [2.45, 2.75) is 6.92 Å². The summed E-state index contributed by atoms with van der Waals surface area (Å²) in [5.74, 6) is -1.94. The van der Waals surface area contributed by atoms with Gasteiger partial charge in [0.25, 0.3) is 5.69 Å². The topological polar surface area (TPSA) is 114 Å². The summed E-state index contributed by atoms with van der Waals surface area (Å²) < 4.78 is 0. The molecule has 25 heavy (non-hydrogen) atoms. The molecule has 0 saturated carbocycles. The molecule has 2 amide bonds. The number of rotatable bonds is 4. The second-order valence-electron chi connectivity index (χ2n) is 4.88. The number of carbonyl (C=O) groups excluding carboxylic acids is 2. The van der Waals surface area contributed by atoms with Crippen molar-refractivity contribution in [3.63, 3.8) is 0 Å². The van der Waals surface area contributed by atoms with Crippen LogP contribution in [-0.2, 0) is 9.59 Å². The van der Waals surface area contributed by atoms with Crippen molar-refractivity contribution in [2.75, 3.05) is 5.32 Å². The maximum Gasteiger partial charge on any atom is 0.329 e. The Balaban J connectivity index is 2.03. The van der Waals surface area contributed by atoms with Crippen LogP contribution in [0, 0.1) is 10.1 Å². The fraction of sp³-hybridized carbons (Fsp3) is 0.0625. The Labute approximate surface area is 147 Å². The van der Waals surface area contributed by atoms with Gasteiger partial charge in [-0.1, -0.05) is 35.9 Å². The third kappa shape index (κ3) is 4.85. The molecule has 2 N–H and O–H groups in total. The number of non-ortho nitro benzene ring substituents is 1.